The zero-order valence-corrected chi connectivity index (χ0v) is 9.41. The predicted molar refractivity (Wildman–Crippen MR) is 63.0 cm³/mol. The molecule has 0 aromatic carbocycles. The molecule has 0 spiro atoms. The maximum atomic E-state index is 11.9. The molecule has 4 nitrogen and oxygen atoms in total. The molecular formula is C12H14N2O2. The van der Waals surface area contributed by atoms with E-state index in [1.807, 2.05) is 26.0 Å². The van der Waals surface area contributed by atoms with Crippen molar-refractivity contribution in [3.05, 3.63) is 50.0 Å². The Labute approximate surface area is 92.5 Å². The molecule has 0 aliphatic heterocycles. The second-order valence-corrected chi connectivity index (χ2v) is 3.74. The predicted octanol–water partition coefficient (Wildman–Crippen LogP) is 1.11. The van der Waals surface area contributed by atoms with Gasteiger partial charge in [-0.25, -0.2) is 4.52 Å². The molecule has 0 saturated carbocycles. The first-order valence-corrected chi connectivity index (χ1v) is 5.44. The molecule has 0 unspecified atom stereocenters. The summed E-state index contributed by atoms with van der Waals surface area (Å²) in [5, 5.41) is 2.60. The standard InChI is InChI=1S/C12H14N2O2/c1-3-8-5-6-10-7-9(4-2)11(15)13-14(10)12(8)16/h5-7H,3-4H2,1-2H3,(H,13,15). The summed E-state index contributed by atoms with van der Waals surface area (Å²) in [6.07, 6.45) is 1.33. The van der Waals surface area contributed by atoms with Gasteiger partial charge in [-0.2, -0.15) is 0 Å². The van der Waals surface area contributed by atoms with Gasteiger partial charge in [0.2, 0.25) is 0 Å². The number of nitrogens with one attached hydrogen (secondary N) is 1. The third-order valence-corrected chi connectivity index (χ3v) is 2.78. The zero-order chi connectivity index (χ0) is 11.7. The molecule has 0 aliphatic carbocycles. The van der Waals surface area contributed by atoms with Crippen molar-refractivity contribution in [3.63, 3.8) is 0 Å². The van der Waals surface area contributed by atoms with Crippen LogP contribution in [0.25, 0.3) is 5.52 Å². The fourth-order valence-electron chi connectivity index (χ4n) is 1.77. The van der Waals surface area contributed by atoms with E-state index in [4.69, 9.17) is 0 Å². The lowest BCUT2D eigenvalue weighted by Crippen LogP contribution is -2.26. The Morgan fingerprint density at radius 2 is 1.81 bits per heavy atom. The lowest BCUT2D eigenvalue weighted by molar-refractivity contribution is 0.826. The minimum Gasteiger partial charge on any atom is -0.268 e. The van der Waals surface area contributed by atoms with Crippen molar-refractivity contribution in [3.8, 4) is 0 Å². The highest BCUT2D eigenvalue weighted by Crippen LogP contribution is 2.02. The van der Waals surface area contributed by atoms with E-state index >= 15 is 0 Å². The first kappa shape index (κ1) is 10.7. The number of aromatic amines is 1. The van der Waals surface area contributed by atoms with Gasteiger partial charge in [-0.1, -0.05) is 19.9 Å². The van der Waals surface area contributed by atoms with Crippen molar-refractivity contribution in [1.82, 2.24) is 9.61 Å². The first-order chi connectivity index (χ1) is 7.67. The molecular weight excluding hydrogens is 204 g/mol. The summed E-state index contributed by atoms with van der Waals surface area (Å²) in [6, 6.07) is 5.43. The summed E-state index contributed by atoms with van der Waals surface area (Å²) >= 11 is 0. The van der Waals surface area contributed by atoms with Crippen molar-refractivity contribution in [1.29, 1.82) is 0 Å². The van der Waals surface area contributed by atoms with Gasteiger partial charge in [0, 0.05) is 11.1 Å². The number of fused-ring (bicyclic) bond motifs is 1. The Hall–Kier alpha value is -1.84. The van der Waals surface area contributed by atoms with Crippen molar-refractivity contribution < 1.29 is 0 Å². The Balaban J connectivity index is 2.86. The lowest BCUT2D eigenvalue weighted by atomic mass is 10.2. The van der Waals surface area contributed by atoms with Crippen LogP contribution in [0.3, 0.4) is 0 Å². The number of nitrogens with zero attached hydrogens (tertiary/aromatic N) is 1. The van der Waals surface area contributed by atoms with Crippen LogP contribution < -0.4 is 11.1 Å². The lowest BCUT2D eigenvalue weighted by Gasteiger charge is -2.04. The van der Waals surface area contributed by atoms with Crippen molar-refractivity contribution in [2.75, 3.05) is 0 Å². The molecule has 2 rings (SSSR count). The summed E-state index contributed by atoms with van der Waals surface area (Å²) in [5.41, 5.74) is 1.81. The Bertz CT molecular complexity index is 635. The molecule has 4 heteroatoms. The number of H-pyrrole nitrogens is 1. The van der Waals surface area contributed by atoms with Crippen molar-refractivity contribution >= 4 is 5.52 Å². The van der Waals surface area contributed by atoms with Gasteiger partial charge in [-0.15, -0.1) is 0 Å². The van der Waals surface area contributed by atoms with Gasteiger partial charge in [-0.05, 0) is 25.0 Å². The average Bonchev–Trinajstić information content (AvgIpc) is 2.30. The second-order valence-electron chi connectivity index (χ2n) is 3.74. The summed E-state index contributed by atoms with van der Waals surface area (Å²) in [5.74, 6) is 0. The SMILES string of the molecule is CCc1cc2ccc(CC)c(=O)n2[nH]c1=O. The summed E-state index contributed by atoms with van der Waals surface area (Å²) in [7, 11) is 0. The van der Waals surface area contributed by atoms with Crippen LogP contribution in [0.1, 0.15) is 25.0 Å². The molecule has 2 heterocycles. The van der Waals surface area contributed by atoms with Crippen molar-refractivity contribution in [2.45, 2.75) is 26.7 Å². The van der Waals surface area contributed by atoms with E-state index < -0.39 is 0 Å². The number of aromatic nitrogens is 2. The third-order valence-electron chi connectivity index (χ3n) is 2.78. The monoisotopic (exact) mass is 218 g/mol. The quantitative estimate of drug-likeness (QED) is 0.821. The highest BCUT2D eigenvalue weighted by molar-refractivity contribution is 5.47. The van der Waals surface area contributed by atoms with Crippen LogP contribution in [-0.4, -0.2) is 9.61 Å². The van der Waals surface area contributed by atoms with Crippen LogP contribution in [0.5, 0.6) is 0 Å². The van der Waals surface area contributed by atoms with Crippen LogP contribution in [0.4, 0.5) is 0 Å². The second kappa shape index (κ2) is 3.96. The molecule has 0 saturated heterocycles. The normalized spacial score (nSPS) is 10.9. The first-order valence-electron chi connectivity index (χ1n) is 5.44. The highest BCUT2D eigenvalue weighted by atomic mass is 16.1. The van der Waals surface area contributed by atoms with Gasteiger partial charge in [0.05, 0.1) is 5.52 Å². The molecule has 2 aromatic heterocycles. The van der Waals surface area contributed by atoms with E-state index in [1.165, 1.54) is 4.52 Å². The maximum Gasteiger partial charge on any atom is 0.272 e. The molecule has 2 aromatic rings. The van der Waals surface area contributed by atoms with Gasteiger partial charge in [-0.3, -0.25) is 14.7 Å². The van der Waals surface area contributed by atoms with E-state index in [0.29, 0.717) is 24.0 Å². The smallest absolute Gasteiger partial charge is 0.268 e. The molecule has 0 fully saturated rings. The van der Waals surface area contributed by atoms with Crippen LogP contribution in [0, 0.1) is 0 Å². The van der Waals surface area contributed by atoms with Crippen LogP contribution in [0.15, 0.2) is 27.8 Å². The van der Waals surface area contributed by atoms with Crippen LogP contribution in [0.2, 0.25) is 0 Å². The van der Waals surface area contributed by atoms with Crippen LogP contribution in [-0.2, 0) is 12.8 Å². The van der Waals surface area contributed by atoms with E-state index in [0.717, 1.165) is 5.52 Å². The molecule has 0 aliphatic rings. The highest BCUT2D eigenvalue weighted by Gasteiger charge is 2.04. The minimum atomic E-state index is -0.189. The van der Waals surface area contributed by atoms with Gasteiger partial charge < -0.3 is 0 Å². The fourth-order valence-corrected chi connectivity index (χ4v) is 1.77. The Morgan fingerprint density at radius 3 is 2.44 bits per heavy atom. The van der Waals surface area contributed by atoms with E-state index in [-0.39, 0.29) is 11.1 Å². The van der Waals surface area contributed by atoms with Gasteiger partial charge in [0.25, 0.3) is 11.1 Å². The summed E-state index contributed by atoms with van der Waals surface area (Å²) < 4.78 is 1.32. The topological polar surface area (TPSA) is 54.3 Å². The largest absolute Gasteiger partial charge is 0.272 e. The molecule has 84 valence electrons. The van der Waals surface area contributed by atoms with E-state index in [9.17, 15) is 9.59 Å². The zero-order valence-electron chi connectivity index (χ0n) is 9.41. The molecule has 0 radical (unpaired) electrons. The van der Waals surface area contributed by atoms with Gasteiger partial charge in [0.1, 0.15) is 0 Å². The summed E-state index contributed by atoms with van der Waals surface area (Å²) in [4.78, 5) is 23.5. The maximum absolute atomic E-state index is 11.9. The molecule has 0 amide bonds. The Morgan fingerprint density at radius 1 is 1.12 bits per heavy atom. The van der Waals surface area contributed by atoms with Crippen LogP contribution >= 0.6 is 0 Å². The number of pyridine rings is 1. The number of hydrogen-bond donors (Lipinski definition) is 1. The molecule has 0 atom stereocenters. The number of aryl methyl sites for hydroxylation is 2. The molecule has 0 bridgehead atoms. The van der Waals surface area contributed by atoms with Gasteiger partial charge in [0.15, 0.2) is 0 Å². The molecule has 16 heavy (non-hydrogen) atoms. The van der Waals surface area contributed by atoms with E-state index in [1.54, 1.807) is 6.07 Å². The fraction of sp³-hybridized carbons (Fsp3) is 0.333. The average molecular weight is 218 g/mol. The third kappa shape index (κ3) is 1.56. The number of hydrogen-bond acceptors (Lipinski definition) is 2. The molecule has 1 N–H and O–H groups in total. The minimum absolute atomic E-state index is 0.139. The summed E-state index contributed by atoms with van der Waals surface area (Å²) in [6.45, 7) is 3.83. The van der Waals surface area contributed by atoms with E-state index in [2.05, 4.69) is 5.10 Å². The number of rotatable bonds is 2. The van der Waals surface area contributed by atoms with Crippen molar-refractivity contribution in [2.24, 2.45) is 0 Å². The Kier molecular flexibility index (Phi) is 2.64. The van der Waals surface area contributed by atoms with Gasteiger partial charge >= 0.3 is 0 Å².